The number of carbonyl (C=O) groups excluding carboxylic acids is 1. The van der Waals surface area contributed by atoms with Crippen LogP contribution in [-0.2, 0) is 11.2 Å². The fraction of sp³-hybridized carbons (Fsp3) is 0.207. The van der Waals surface area contributed by atoms with E-state index in [2.05, 4.69) is 21.4 Å². The van der Waals surface area contributed by atoms with Gasteiger partial charge in [-0.25, -0.2) is 4.68 Å². The second-order valence-corrected chi connectivity index (χ2v) is 8.97. The van der Waals surface area contributed by atoms with Crippen LogP contribution in [0.4, 0.5) is 5.69 Å². The van der Waals surface area contributed by atoms with Crippen LogP contribution >= 0.6 is 0 Å². The summed E-state index contributed by atoms with van der Waals surface area (Å²) in [5, 5.41) is 12.3. The van der Waals surface area contributed by atoms with E-state index in [0.29, 0.717) is 52.2 Å². The van der Waals surface area contributed by atoms with Crippen LogP contribution in [0.1, 0.15) is 5.76 Å². The van der Waals surface area contributed by atoms with Gasteiger partial charge in [0.05, 0.1) is 58.1 Å². The van der Waals surface area contributed by atoms with Crippen molar-refractivity contribution in [2.75, 3.05) is 33.8 Å². The zero-order chi connectivity index (χ0) is 28.2. The number of methoxy groups -OCH3 is 4. The first kappa shape index (κ1) is 26.6. The van der Waals surface area contributed by atoms with Crippen molar-refractivity contribution in [3.05, 3.63) is 72.6 Å². The van der Waals surface area contributed by atoms with Gasteiger partial charge >= 0.3 is 0 Å². The third-order valence-electron chi connectivity index (χ3n) is 6.49. The summed E-state index contributed by atoms with van der Waals surface area (Å²) in [5.41, 5.74) is 7.37. The molecule has 2 aromatic heterocycles. The molecule has 0 aliphatic heterocycles. The van der Waals surface area contributed by atoms with Crippen LogP contribution in [0.25, 0.3) is 27.9 Å². The first-order valence-electron chi connectivity index (χ1n) is 12.5. The molecule has 0 fully saturated rings. The Bertz CT molecular complexity index is 1600. The Kier molecular flexibility index (Phi) is 7.56. The number of benzene rings is 3. The number of amides is 1. The Morgan fingerprint density at radius 1 is 0.950 bits per heavy atom. The summed E-state index contributed by atoms with van der Waals surface area (Å²) in [6, 6.07) is 18.0. The van der Waals surface area contributed by atoms with Gasteiger partial charge in [-0.1, -0.05) is 23.4 Å². The van der Waals surface area contributed by atoms with Gasteiger partial charge < -0.3 is 34.4 Å². The number of nitrogens with zero attached hydrogens (tertiary/aromatic N) is 3. The van der Waals surface area contributed by atoms with Gasteiger partial charge in [-0.15, -0.1) is 5.10 Å². The lowest BCUT2D eigenvalue weighted by atomic mass is 10.1. The number of para-hydroxylation sites is 1. The minimum atomic E-state index is -0.597. The molecule has 206 valence electrons. The van der Waals surface area contributed by atoms with Crippen LogP contribution in [0.15, 0.2) is 71.3 Å². The van der Waals surface area contributed by atoms with Gasteiger partial charge in [0.25, 0.3) is 5.91 Å². The van der Waals surface area contributed by atoms with Gasteiger partial charge in [-0.2, -0.15) is 0 Å². The van der Waals surface area contributed by atoms with Crippen molar-refractivity contribution in [3.63, 3.8) is 0 Å². The quantitative estimate of drug-likeness (QED) is 0.273. The molecule has 11 heteroatoms. The zero-order valence-electron chi connectivity index (χ0n) is 22.6. The highest BCUT2D eigenvalue weighted by Gasteiger charge is 2.23. The maximum atomic E-state index is 13.1. The molecule has 0 saturated heterocycles. The number of carbonyl (C=O) groups is 1. The summed E-state index contributed by atoms with van der Waals surface area (Å²) >= 11 is 0. The number of quaternary nitrogens is 1. The Hall–Kier alpha value is -5.03. The number of hydrogen-bond acceptors (Lipinski definition) is 8. The van der Waals surface area contributed by atoms with E-state index in [0.717, 1.165) is 16.5 Å². The molecule has 2 heterocycles. The number of ether oxygens (including phenoxy) is 4. The summed E-state index contributed by atoms with van der Waals surface area (Å²) < 4.78 is 29.5. The fourth-order valence-corrected chi connectivity index (χ4v) is 4.48. The lowest BCUT2D eigenvalue weighted by molar-refractivity contribution is -0.402. The number of rotatable bonds is 10. The standard InChI is InChI=1S/C29H29N5O6/c1-36-25-10-9-17(23-16-31-33-34(23)19-13-26(37-2)28(39-4)27(14-19)38-3)12-22(25)32-29(35)21(30)15-20-11-18-7-5-6-8-24(18)40-20/h5-14,16,21H,15,30H2,1-4H3,(H,32,35)/p+1. The van der Waals surface area contributed by atoms with Gasteiger partial charge in [-0.05, 0) is 30.3 Å². The Morgan fingerprint density at radius 3 is 2.35 bits per heavy atom. The van der Waals surface area contributed by atoms with Crippen molar-refractivity contribution in [1.82, 2.24) is 15.0 Å². The second-order valence-electron chi connectivity index (χ2n) is 8.97. The minimum absolute atomic E-state index is 0.271. The average molecular weight is 545 g/mol. The molecule has 1 amide bonds. The van der Waals surface area contributed by atoms with Crippen molar-refractivity contribution >= 4 is 22.6 Å². The number of aromatic nitrogens is 3. The molecule has 1 atom stereocenters. The molecule has 4 N–H and O–H groups in total. The topological polar surface area (TPSA) is 138 Å². The first-order valence-corrected chi connectivity index (χ1v) is 12.5. The normalized spacial score (nSPS) is 11.7. The highest BCUT2D eigenvalue weighted by Crippen LogP contribution is 2.40. The fourth-order valence-electron chi connectivity index (χ4n) is 4.48. The highest BCUT2D eigenvalue weighted by atomic mass is 16.5. The van der Waals surface area contributed by atoms with E-state index < -0.39 is 6.04 Å². The third-order valence-corrected chi connectivity index (χ3v) is 6.49. The maximum absolute atomic E-state index is 13.1. The molecule has 3 aromatic carbocycles. The molecule has 0 saturated carbocycles. The van der Waals surface area contributed by atoms with E-state index in [1.54, 1.807) is 63.6 Å². The molecule has 11 nitrogen and oxygen atoms in total. The van der Waals surface area contributed by atoms with Crippen molar-refractivity contribution in [1.29, 1.82) is 0 Å². The van der Waals surface area contributed by atoms with Crippen LogP contribution < -0.4 is 30.0 Å². The van der Waals surface area contributed by atoms with Crippen LogP contribution in [0.2, 0.25) is 0 Å². The molecule has 5 aromatic rings. The molecule has 0 bridgehead atoms. The van der Waals surface area contributed by atoms with Gasteiger partial charge in [0.15, 0.2) is 17.5 Å². The largest absolute Gasteiger partial charge is 0.495 e. The number of anilines is 1. The Balaban J connectivity index is 1.42. The van der Waals surface area contributed by atoms with Crippen molar-refractivity contribution in [2.45, 2.75) is 12.5 Å². The molecule has 0 aliphatic carbocycles. The lowest BCUT2D eigenvalue weighted by Gasteiger charge is -2.16. The van der Waals surface area contributed by atoms with Crippen LogP contribution in [-0.4, -0.2) is 55.4 Å². The molecule has 5 rings (SSSR count). The predicted octanol–water partition coefficient (Wildman–Crippen LogP) is 3.51. The molecule has 0 radical (unpaired) electrons. The van der Waals surface area contributed by atoms with Gasteiger partial charge in [0.2, 0.25) is 5.75 Å². The molecule has 0 aliphatic rings. The number of hydrogen-bond donors (Lipinski definition) is 2. The van der Waals surface area contributed by atoms with E-state index in [9.17, 15) is 4.79 Å². The highest BCUT2D eigenvalue weighted by molar-refractivity contribution is 5.96. The van der Waals surface area contributed by atoms with E-state index >= 15 is 0 Å². The van der Waals surface area contributed by atoms with E-state index in [4.69, 9.17) is 23.4 Å². The van der Waals surface area contributed by atoms with Crippen LogP contribution in [0.3, 0.4) is 0 Å². The van der Waals surface area contributed by atoms with E-state index in [1.165, 1.54) is 0 Å². The monoisotopic (exact) mass is 544 g/mol. The Morgan fingerprint density at radius 2 is 1.68 bits per heavy atom. The van der Waals surface area contributed by atoms with Crippen LogP contribution in [0, 0.1) is 0 Å². The Labute approximate surface area is 230 Å². The molecular formula is C29H30N5O6+. The number of fused-ring (bicyclic) bond motifs is 1. The average Bonchev–Trinajstić information content (AvgIpc) is 3.63. The maximum Gasteiger partial charge on any atom is 0.283 e. The summed E-state index contributed by atoms with van der Waals surface area (Å²) in [6.07, 6.45) is 1.97. The van der Waals surface area contributed by atoms with Crippen LogP contribution in [0.5, 0.6) is 23.0 Å². The van der Waals surface area contributed by atoms with Gasteiger partial charge in [0, 0.05) is 23.1 Å². The van der Waals surface area contributed by atoms with E-state index in [-0.39, 0.29) is 5.91 Å². The van der Waals surface area contributed by atoms with Gasteiger partial charge in [-0.3, -0.25) is 4.79 Å². The summed E-state index contributed by atoms with van der Waals surface area (Å²) in [4.78, 5) is 13.1. The predicted molar refractivity (Wildman–Crippen MR) is 148 cm³/mol. The third kappa shape index (κ3) is 5.14. The minimum Gasteiger partial charge on any atom is -0.495 e. The summed E-state index contributed by atoms with van der Waals surface area (Å²) in [6.45, 7) is 0. The molecule has 1 unspecified atom stereocenters. The second kappa shape index (κ2) is 11.4. The lowest BCUT2D eigenvalue weighted by Crippen LogP contribution is -2.67. The first-order chi connectivity index (χ1) is 19.4. The summed E-state index contributed by atoms with van der Waals surface area (Å²) in [5.74, 6) is 2.35. The molecule has 0 spiro atoms. The van der Waals surface area contributed by atoms with Crippen molar-refractivity contribution < 1.29 is 33.9 Å². The van der Waals surface area contributed by atoms with E-state index in [1.807, 2.05) is 36.4 Å². The SMILES string of the molecule is COc1ccc(-c2cnnn2-c2cc(OC)c(OC)c(OC)c2)cc1NC(=O)C([NH3+])Cc1cc2ccccc2o1. The van der Waals surface area contributed by atoms with Gasteiger partial charge in [0.1, 0.15) is 17.1 Å². The smallest absolute Gasteiger partial charge is 0.283 e. The molecular weight excluding hydrogens is 514 g/mol. The zero-order valence-corrected chi connectivity index (χ0v) is 22.6. The molecule has 40 heavy (non-hydrogen) atoms. The number of furan rings is 1. The number of nitrogens with one attached hydrogen (secondary N) is 1. The van der Waals surface area contributed by atoms with Crippen molar-refractivity contribution in [2.24, 2.45) is 0 Å². The summed E-state index contributed by atoms with van der Waals surface area (Å²) in [7, 11) is 6.18. The van der Waals surface area contributed by atoms with Crippen molar-refractivity contribution in [3.8, 4) is 39.9 Å².